The molecular formula is C13H18BrN3. The number of hydrogen-bond donors (Lipinski definition) is 1. The lowest BCUT2D eigenvalue weighted by atomic mass is 9.94. The molecule has 1 aromatic heterocycles. The summed E-state index contributed by atoms with van der Waals surface area (Å²) in [6, 6.07) is 2.72. The van der Waals surface area contributed by atoms with Crippen molar-refractivity contribution in [1.29, 1.82) is 0 Å². The zero-order valence-corrected chi connectivity index (χ0v) is 11.7. The van der Waals surface area contributed by atoms with Crippen LogP contribution in [-0.2, 0) is 0 Å². The van der Waals surface area contributed by atoms with Crippen molar-refractivity contribution in [3.63, 3.8) is 0 Å². The molecule has 92 valence electrons. The molecule has 3 heterocycles. The smallest absolute Gasteiger partial charge is 0.143 e. The number of aromatic nitrogens is 1. The van der Waals surface area contributed by atoms with Crippen LogP contribution in [0.5, 0.6) is 0 Å². The molecule has 2 fully saturated rings. The molecule has 0 unspecified atom stereocenters. The maximum atomic E-state index is 4.53. The maximum Gasteiger partial charge on any atom is 0.143 e. The molecule has 17 heavy (non-hydrogen) atoms. The van der Waals surface area contributed by atoms with Crippen LogP contribution in [0.15, 0.2) is 16.7 Å². The van der Waals surface area contributed by atoms with Gasteiger partial charge in [0.1, 0.15) is 5.82 Å². The van der Waals surface area contributed by atoms with Gasteiger partial charge in [0, 0.05) is 25.3 Å². The van der Waals surface area contributed by atoms with Gasteiger partial charge in [-0.05, 0) is 59.8 Å². The van der Waals surface area contributed by atoms with Gasteiger partial charge in [0.2, 0.25) is 0 Å². The fraction of sp³-hybridized carbons (Fsp3) is 0.615. The van der Waals surface area contributed by atoms with Crippen molar-refractivity contribution in [2.24, 2.45) is 5.92 Å². The summed E-state index contributed by atoms with van der Waals surface area (Å²) in [6.07, 6.45) is 4.58. The van der Waals surface area contributed by atoms with E-state index in [2.05, 4.69) is 44.1 Å². The Kier molecular flexibility index (Phi) is 3.09. The molecule has 1 aromatic rings. The fourth-order valence-corrected chi connectivity index (χ4v) is 3.45. The van der Waals surface area contributed by atoms with E-state index in [9.17, 15) is 0 Å². The molecular weight excluding hydrogens is 278 g/mol. The van der Waals surface area contributed by atoms with Gasteiger partial charge in [-0.1, -0.05) is 0 Å². The Morgan fingerprint density at radius 3 is 3.18 bits per heavy atom. The molecule has 0 radical (unpaired) electrons. The van der Waals surface area contributed by atoms with Crippen LogP contribution in [0, 0.1) is 12.8 Å². The van der Waals surface area contributed by atoms with Crippen molar-refractivity contribution in [1.82, 2.24) is 10.3 Å². The van der Waals surface area contributed by atoms with Gasteiger partial charge in [0.15, 0.2) is 0 Å². The highest BCUT2D eigenvalue weighted by Gasteiger charge is 2.35. The monoisotopic (exact) mass is 295 g/mol. The number of halogens is 1. The lowest BCUT2D eigenvalue weighted by Crippen LogP contribution is -2.40. The van der Waals surface area contributed by atoms with Gasteiger partial charge >= 0.3 is 0 Å². The maximum absolute atomic E-state index is 4.53. The first-order valence-corrected chi connectivity index (χ1v) is 7.14. The van der Waals surface area contributed by atoms with Crippen molar-refractivity contribution in [2.75, 3.05) is 24.5 Å². The summed E-state index contributed by atoms with van der Waals surface area (Å²) in [5, 5.41) is 3.63. The van der Waals surface area contributed by atoms with Crippen LogP contribution >= 0.6 is 15.9 Å². The first-order chi connectivity index (χ1) is 8.25. The highest BCUT2D eigenvalue weighted by atomic mass is 79.9. The van der Waals surface area contributed by atoms with Crippen molar-refractivity contribution in [2.45, 2.75) is 25.8 Å². The Hall–Kier alpha value is -0.610. The number of anilines is 1. The molecule has 2 atom stereocenters. The predicted molar refractivity (Wildman–Crippen MR) is 73.4 cm³/mol. The van der Waals surface area contributed by atoms with Crippen molar-refractivity contribution >= 4 is 21.7 Å². The Morgan fingerprint density at radius 1 is 1.47 bits per heavy atom. The minimum absolute atomic E-state index is 0.665. The lowest BCUT2D eigenvalue weighted by Gasteiger charge is -2.24. The first kappa shape index (κ1) is 11.5. The molecule has 3 nitrogen and oxygen atoms in total. The van der Waals surface area contributed by atoms with Crippen LogP contribution in [0.1, 0.15) is 18.4 Å². The quantitative estimate of drug-likeness (QED) is 0.862. The molecule has 0 saturated carbocycles. The van der Waals surface area contributed by atoms with Crippen molar-refractivity contribution in [3.05, 3.63) is 22.3 Å². The molecule has 2 aliphatic rings. The number of nitrogens with zero attached hydrogens (tertiary/aromatic N) is 2. The van der Waals surface area contributed by atoms with E-state index in [0.717, 1.165) is 29.3 Å². The minimum atomic E-state index is 0.665. The summed E-state index contributed by atoms with van der Waals surface area (Å²) in [7, 11) is 0. The lowest BCUT2D eigenvalue weighted by molar-refractivity contribution is 0.340. The third kappa shape index (κ3) is 2.08. The SMILES string of the molecule is Cc1ccnc(N2C[C@@H]3CCCN[C@@H]3C2)c1Br. The van der Waals surface area contributed by atoms with Crippen LogP contribution in [0.2, 0.25) is 0 Å². The van der Waals surface area contributed by atoms with Gasteiger partial charge < -0.3 is 10.2 Å². The zero-order chi connectivity index (χ0) is 11.8. The van der Waals surface area contributed by atoms with Gasteiger partial charge in [-0.15, -0.1) is 0 Å². The van der Waals surface area contributed by atoms with Crippen LogP contribution < -0.4 is 10.2 Å². The van der Waals surface area contributed by atoms with E-state index in [1.807, 2.05) is 6.20 Å². The number of hydrogen-bond acceptors (Lipinski definition) is 3. The Labute approximate surface area is 111 Å². The molecule has 2 aliphatic heterocycles. The standard InChI is InChI=1S/C13H18BrN3/c1-9-4-6-16-13(12(9)14)17-7-10-3-2-5-15-11(10)8-17/h4,6,10-11,15H,2-3,5,7-8H2,1H3/t10-,11+/m0/s1. The highest BCUT2D eigenvalue weighted by Crippen LogP contribution is 2.33. The second-order valence-corrected chi connectivity index (χ2v) is 5.93. The van der Waals surface area contributed by atoms with Gasteiger partial charge in [-0.3, -0.25) is 0 Å². The second-order valence-electron chi connectivity index (χ2n) is 5.13. The van der Waals surface area contributed by atoms with Gasteiger partial charge in [0.05, 0.1) is 4.47 Å². The molecule has 0 aromatic carbocycles. The van der Waals surface area contributed by atoms with E-state index >= 15 is 0 Å². The Balaban J connectivity index is 1.83. The van der Waals surface area contributed by atoms with E-state index in [1.165, 1.54) is 24.9 Å². The number of nitrogens with one attached hydrogen (secondary N) is 1. The number of piperidine rings is 1. The van der Waals surface area contributed by atoms with Gasteiger partial charge in [0.25, 0.3) is 0 Å². The number of aryl methyl sites for hydroxylation is 1. The Morgan fingerprint density at radius 2 is 2.35 bits per heavy atom. The summed E-state index contributed by atoms with van der Waals surface area (Å²) in [5.74, 6) is 1.92. The summed E-state index contributed by atoms with van der Waals surface area (Å²) < 4.78 is 1.15. The van der Waals surface area contributed by atoms with E-state index in [0.29, 0.717) is 6.04 Å². The number of fused-ring (bicyclic) bond motifs is 1. The topological polar surface area (TPSA) is 28.2 Å². The summed E-state index contributed by atoms with van der Waals surface area (Å²) in [6.45, 7) is 5.54. The summed E-state index contributed by atoms with van der Waals surface area (Å²) in [5.41, 5.74) is 1.26. The zero-order valence-electron chi connectivity index (χ0n) is 10.1. The molecule has 1 N–H and O–H groups in total. The summed E-state index contributed by atoms with van der Waals surface area (Å²) >= 11 is 3.66. The minimum Gasteiger partial charge on any atom is -0.354 e. The number of pyridine rings is 1. The average molecular weight is 296 g/mol. The second kappa shape index (κ2) is 4.58. The number of rotatable bonds is 1. The molecule has 0 spiro atoms. The van der Waals surface area contributed by atoms with Gasteiger partial charge in [-0.2, -0.15) is 0 Å². The molecule has 4 heteroatoms. The van der Waals surface area contributed by atoms with E-state index in [-0.39, 0.29) is 0 Å². The normalized spacial score (nSPS) is 28.2. The van der Waals surface area contributed by atoms with Gasteiger partial charge in [-0.25, -0.2) is 4.98 Å². The molecule has 0 bridgehead atoms. The fourth-order valence-electron chi connectivity index (χ4n) is 2.97. The molecule has 3 rings (SSSR count). The molecule has 0 amide bonds. The van der Waals surface area contributed by atoms with Crippen molar-refractivity contribution in [3.8, 4) is 0 Å². The van der Waals surface area contributed by atoms with Crippen LogP contribution in [0.4, 0.5) is 5.82 Å². The largest absolute Gasteiger partial charge is 0.354 e. The first-order valence-electron chi connectivity index (χ1n) is 6.35. The van der Waals surface area contributed by atoms with E-state index in [4.69, 9.17) is 0 Å². The third-order valence-corrected chi connectivity index (χ3v) is 4.94. The van der Waals surface area contributed by atoms with Crippen LogP contribution in [0.25, 0.3) is 0 Å². The highest BCUT2D eigenvalue weighted by molar-refractivity contribution is 9.10. The van der Waals surface area contributed by atoms with Crippen molar-refractivity contribution < 1.29 is 0 Å². The van der Waals surface area contributed by atoms with E-state index < -0.39 is 0 Å². The third-order valence-electron chi connectivity index (χ3n) is 3.96. The van der Waals surface area contributed by atoms with E-state index in [1.54, 1.807) is 0 Å². The van der Waals surface area contributed by atoms with Crippen LogP contribution in [0.3, 0.4) is 0 Å². The van der Waals surface area contributed by atoms with Crippen LogP contribution in [-0.4, -0.2) is 30.7 Å². The Bertz CT molecular complexity index is 407. The summed E-state index contributed by atoms with van der Waals surface area (Å²) in [4.78, 5) is 6.95. The molecule has 2 saturated heterocycles. The molecule has 0 aliphatic carbocycles. The predicted octanol–water partition coefficient (Wildman–Crippen LogP) is 2.34. The average Bonchev–Trinajstić information content (AvgIpc) is 2.76.